The van der Waals surface area contributed by atoms with Gasteiger partial charge in [-0.2, -0.15) is 0 Å². The van der Waals surface area contributed by atoms with E-state index >= 15 is 0 Å². The molecule has 0 bridgehead atoms. The van der Waals surface area contributed by atoms with E-state index in [0.29, 0.717) is 12.2 Å². The second-order valence-corrected chi connectivity index (χ2v) is 7.58. The summed E-state index contributed by atoms with van der Waals surface area (Å²) in [4.78, 5) is 6.80. The first-order chi connectivity index (χ1) is 13.3. The van der Waals surface area contributed by atoms with E-state index in [9.17, 15) is 0 Å². The Morgan fingerprint density at radius 2 is 1.75 bits per heavy atom. The Hall–Kier alpha value is -1.02. The molecule has 0 spiro atoms. The molecule has 158 valence electrons. The number of halogens is 1. The molecule has 0 radical (unpaired) electrons. The summed E-state index contributed by atoms with van der Waals surface area (Å²) in [6, 6.07) is 10.1. The highest BCUT2D eigenvalue weighted by Crippen LogP contribution is 2.20. The molecule has 0 unspecified atom stereocenters. The van der Waals surface area contributed by atoms with Gasteiger partial charge in [0.1, 0.15) is 11.9 Å². The van der Waals surface area contributed by atoms with Crippen LogP contribution in [0.5, 0.6) is 5.75 Å². The van der Waals surface area contributed by atoms with Gasteiger partial charge in [0.15, 0.2) is 5.96 Å². The Morgan fingerprint density at radius 3 is 2.43 bits per heavy atom. The van der Waals surface area contributed by atoms with Crippen LogP contribution in [0.2, 0.25) is 0 Å². The lowest BCUT2D eigenvalue weighted by Crippen LogP contribution is -2.47. The first kappa shape index (κ1) is 23.3. The minimum absolute atomic E-state index is 0. The molecule has 2 fully saturated rings. The normalized spacial score (nSPS) is 19.2. The number of hydrogen-bond donors (Lipinski definition) is 1. The molecule has 1 aliphatic heterocycles. The van der Waals surface area contributed by atoms with Crippen LogP contribution < -0.4 is 10.1 Å². The highest BCUT2D eigenvalue weighted by atomic mass is 127. The summed E-state index contributed by atoms with van der Waals surface area (Å²) in [6.07, 6.45) is 10.4. The highest BCUT2D eigenvalue weighted by Gasteiger charge is 2.22. The zero-order valence-electron chi connectivity index (χ0n) is 17.1. The summed E-state index contributed by atoms with van der Waals surface area (Å²) in [5.41, 5.74) is 0. The molecule has 28 heavy (non-hydrogen) atoms. The van der Waals surface area contributed by atoms with Gasteiger partial charge in [-0.1, -0.05) is 37.5 Å². The third-order valence-electron chi connectivity index (χ3n) is 5.51. The lowest BCUT2D eigenvalue weighted by atomic mass is 9.98. The summed E-state index contributed by atoms with van der Waals surface area (Å²) in [6.45, 7) is 3.73. The first-order valence-corrected chi connectivity index (χ1v) is 10.6. The molecule has 2 aliphatic rings. The van der Waals surface area contributed by atoms with Gasteiger partial charge in [0.2, 0.25) is 0 Å². The van der Waals surface area contributed by atoms with Crippen molar-refractivity contribution >= 4 is 29.9 Å². The van der Waals surface area contributed by atoms with Gasteiger partial charge in [-0.05, 0) is 31.4 Å². The van der Waals surface area contributed by atoms with Gasteiger partial charge in [0, 0.05) is 46.1 Å². The Kier molecular flexibility index (Phi) is 11.0. The molecule has 5 nitrogen and oxygen atoms in total. The number of nitrogens with one attached hydrogen (secondary N) is 1. The molecule has 6 heteroatoms. The summed E-state index contributed by atoms with van der Waals surface area (Å²) >= 11 is 0. The predicted molar refractivity (Wildman–Crippen MR) is 126 cm³/mol. The Labute approximate surface area is 187 Å². The van der Waals surface area contributed by atoms with Crippen molar-refractivity contribution in [3.05, 3.63) is 30.3 Å². The standard InChI is InChI=1S/C22H35N3O2.HI/c1-23-22(24-15-8-18-26-19-9-4-2-5-10-19)25-16-13-21(14-17-25)27-20-11-6-3-7-12-20;/h3,6-7,11-12,19,21H,2,4-5,8-10,13-18H2,1H3,(H,23,24);1H. The number of benzene rings is 1. The molecule has 1 heterocycles. The van der Waals surface area contributed by atoms with Crippen molar-refractivity contribution < 1.29 is 9.47 Å². The number of rotatable bonds is 7. The number of aliphatic imine (C=N–C) groups is 1. The van der Waals surface area contributed by atoms with Crippen molar-refractivity contribution in [2.75, 3.05) is 33.3 Å². The zero-order valence-corrected chi connectivity index (χ0v) is 19.5. The van der Waals surface area contributed by atoms with E-state index in [4.69, 9.17) is 9.47 Å². The van der Waals surface area contributed by atoms with Gasteiger partial charge in [-0.25, -0.2) is 0 Å². The molecule has 1 aromatic carbocycles. The fourth-order valence-corrected chi connectivity index (χ4v) is 3.96. The molecule has 0 amide bonds. The van der Waals surface area contributed by atoms with Crippen LogP contribution in [0.25, 0.3) is 0 Å². The highest BCUT2D eigenvalue weighted by molar-refractivity contribution is 14.0. The molecule has 1 N–H and O–H groups in total. The molecule has 1 saturated carbocycles. The number of para-hydroxylation sites is 1. The second kappa shape index (κ2) is 13.2. The molecule has 1 aromatic rings. The van der Waals surface area contributed by atoms with E-state index in [2.05, 4.69) is 15.2 Å². The SMILES string of the molecule is CN=C(NCCCOC1CCCCC1)N1CCC(Oc2ccccc2)CC1.I. The van der Waals surface area contributed by atoms with Gasteiger partial charge in [0.25, 0.3) is 0 Å². The number of nitrogens with zero attached hydrogens (tertiary/aromatic N) is 2. The fourth-order valence-electron chi connectivity index (χ4n) is 3.96. The lowest BCUT2D eigenvalue weighted by molar-refractivity contribution is 0.0276. The molecular weight excluding hydrogens is 465 g/mol. The first-order valence-electron chi connectivity index (χ1n) is 10.6. The van der Waals surface area contributed by atoms with Crippen LogP contribution in [-0.2, 0) is 4.74 Å². The Bertz CT molecular complexity index is 556. The topological polar surface area (TPSA) is 46.1 Å². The van der Waals surface area contributed by atoms with Crippen molar-refractivity contribution in [1.82, 2.24) is 10.2 Å². The minimum atomic E-state index is 0. The monoisotopic (exact) mass is 501 g/mol. The molecule has 0 atom stereocenters. The molecule has 1 aliphatic carbocycles. The average Bonchev–Trinajstić information content (AvgIpc) is 2.73. The van der Waals surface area contributed by atoms with Crippen LogP contribution in [0.4, 0.5) is 0 Å². The Morgan fingerprint density at radius 1 is 1.04 bits per heavy atom. The summed E-state index contributed by atoms with van der Waals surface area (Å²) in [7, 11) is 1.87. The van der Waals surface area contributed by atoms with Crippen molar-refractivity contribution in [2.45, 2.75) is 63.6 Å². The van der Waals surface area contributed by atoms with E-state index in [-0.39, 0.29) is 24.0 Å². The maximum Gasteiger partial charge on any atom is 0.193 e. The van der Waals surface area contributed by atoms with E-state index < -0.39 is 0 Å². The minimum Gasteiger partial charge on any atom is -0.490 e. The van der Waals surface area contributed by atoms with Gasteiger partial charge in [0.05, 0.1) is 6.10 Å². The number of guanidine groups is 1. The van der Waals surface area contributed by atoms with Gasteiger partial charge in [-0.3, -0.25) is 4.99 Å². The summed E-state index contributed by atoms with van der Waals surface area (Å²) in [5.74, 6) is 1.97. The van der Waals surface area contributed by atoms with Crippen LogP contribution in [0.15, 0.2) is 35.3 Å². The fraction of sp³-hybridized carbons (Fsp3) is 0.682. The Balaban J connectivity index is 0.00000280. The number of ether oxygens (including phenoxy) is 2. The van der Waals surface area contributed by atoms with E-state index in [1.54, 1.807) is 0 Å². The number of likely N-dealkylation sites (tertiary alicyclic amines) is 1. The van der Waals surface area contributed by atoms with Gasteiger partial charge in [-0.15, -0.1) is 24.0 Å². The molecule has 1 saturated heterocycles. The van der Waals surface area contributed by atoms with Crippen LogP contribution >= 0.6 is 24.0 Å². The summed E-state index contributed by atoms with van der Waals surface area (Å²) in [5, 5.41) is 3.50. The summed E-state index contributed by atoms with van der Waals surface area (Å²) < 4.78 is 12.1. The van der Waals surface area contributed by atoms with E-state index in [1.165, 1.54) is 32.1 Å². The van der Waals surface area contributed by atoms with Crippen molar-refractivity contribution in [1.29, 1.82) is 0 Å². The van der Waals surface area contributed by atoms with Gasteiger partial charge < -0.3 is 19.7 Å². The van der Waals surface area contributed by atoms with E-state index in [0.717, 1.165) is 57.2 Å². The molecule has 0 aromatic heterocycles. The van der Waals surface area contributed by atoms with Gasteiger partial charge >= 0.3 is 0 Å². The lowest BCUT2D eigenvalue weighted by Gasteiger charge is -2.34. The smallest absolute Gasteiger partial charge is 0.193 e. The second-order valence-electron chi connectivity index (χ2n) is 7.58. The maximum absolute atomic E-state index is 6.08. The average molecular weight is 501 g/mol. The maximum atomic E-state index is 6.08. The van der Waals surface area contributed by atoms with Crippen molar-refractivity contribution in [3.63, 3.8) is 0 Å². The van der Waals surface area contributed by atoms with E-state index in [1.807, 2.05) is 37.4 Å². The van der Waals surface area contributed by atoms with Crippen LogP contribution in [0.3, 0.4) is 0 Å². The quantitative estimate of drug-likeness (QED) is 0.259. The number of piperidine rings is 1. The van der Waals surface area contributed by atoms with Crippen molar-refractivity contribution in [3.8, 4) is 5.75 Å². The largest absolute Gasteiger partial charge is 0.490 e. The number of hydrogen-bond acceptors (Lipinski definition) is 3. The van der Waals surface area contributed by atoms with Crippen molar-refractivity contribution in [2.24, 2.45) is 4.99 Å². The van der Waals surface area contributed by atoms with Crippen LogP contribution in [0.1, 0.15) is 51.4 Å². The van der Waals surface area contributed by atoms with Crippen LogP contribution in [0, 0.1) is 0 Å². The zero-order chi connectivity index (χ0) is 18.7. The molecule has 3 rings (SSSR count). The van der Waals surface area contributed by atoms with Crippen LogP contribution in [-0.4, -0.2) is 56.4 Å². The predicted octanol–water partition coefficient (Wildman–Crippen LogP) is 4.46. The molecular formula is C22H36IN3O2. The third kappa shape index (κ3) is 7.78. The third-order valence-corrected chi connectivity index (χ3v) is 5.51.